The fourth-order valence-electron chi connectivity index (χ4n) is 1.03. The fourth-order valence-corrected chi connectivity index (χ4v) is 1.03. The number of hydrogen-bond acceptors (Lipinski definition) is 2. The van der Waals surface area contributed by atoms with E-state index in [1.54, 1.807) is 0 Å². The quantitative estimate of drug-likeness (QED) is 0.654. The van der Waals surface area contributed by atoms with Crippen LogP contribution in [0, 0.1) is 0 Å². The van der Waals surface area contributed by atoms with Crippen molar-refractivity contribution in [1.29, 1.82) is 0 Å². The summed E-state index contributed by atoms with van der Waals surface area (Å²) in [6, 6.07) is 0. The van der Waals surface area contributed by atoms with Crippen LogP contribution in [0.25, 0.3) is 0 Å². The summed E-state index contributed by atoms with van der Waals surface area (Å²) in [6.07, 6.45) is 12.3. The minimum atomic E-state index is 0. The number of hydrogen-bond donors (Lipinski definition) is 0. The van der Waals surface area contributed by atoms with Crippen LogP contribution in [0.15, 0.2) is 37.0 Å². The van der Waals surface area contributed by atoms with Crippen LogP contribution in [-0.2, 0) is 0 Å². The smallest absolute Gasteiger partial charge is 0.0977 e. The number of nitrogens with zero attached hydrogens (tertiary/aromatic N) is 2. The van der Waals surface area contributed by atoms with E-state index < -0.39 is 0 Å². The minimum Gasteiger partial charge on any atom is -0.335 e. The molecule has 0 saturated heterocycles. The molecule has 0 unspecified atom stereocenters. The average Bonchev–Trinajstić information content (AvgIpc) is 2.38. The molecule has 0 atom stereocenters. The highest BCUT2D eigenvalue weighted by molar-refractivity contribution is 5.85. The van der Waals surface area contributed by atoms with Crippen LogP contribution in [0.2, 0.25) is 0 Å². The van der Waals surface area contributed by atoms with Crippen molar-refractivity contribution in [2.24, 2.45) is 0 Å². The SMILES string of the molecule is CC=CN1C=CN(C=CC)C1.Cl. The van der Waals surface area contributed by atoms with Crippen LogP contribution in [0.5, 0.6) is 0 Å². The molecule has 1 heterocycles. The van der Waals surface area contributed by atoms with Gasteiger partial charge >= 0.3 is 0 Å². The zero-order chi connectivity index (χ0) is 8.10. The lowest BCUT2D eigenvalue weighted by Gasteiger charge is -2.13. The Morgan fingerprint density at radius 3 is 1.75 bits per heavy atom. The van der Waals surface area contributed by atoms with Gasteiger partial charge in [0.05, 0.1) is 6.67 Å². The summed E-state index contributed by atoms with van der Waals surface area (Å²) in [5.41, 5.74) is 0. The normalized spacial score (nSPS) is 16.5. The van der Waals surface area contributed by atoms with E-state index in [0.717, 1.165) is 6.67 Å². The number of halogens is 1. The van der Waals surface area contributed by atoms with Gasteiger partial charge in [-0.2, -0.15) is 0 Å². The van der Waals surface area contributed by atoms with Crippen molar-refractivity contribution in [3.8, 4) is 0 Å². The van der Waals surface area contributed by atoms with E-state index in [-0.39, 0.29) is 12.4 Å². The molecule has 0 spiro atoms. The second-order valence-corrected chi connectivity index (χ2v) is 2.43. The van der Waals surface area contributed by atoms with Crippen LogP contribution in [0.4, 0.5) is 0 Å². The second-order valence-electron chi connectivity index (χ2n) is 2.43. The molecule has 12 heavy (non-hydrogen) atoms. The molecular weight excluding hydrogens is 172 g/mol. The van der Waals surface area contributed by atoms with Crippen LogP contribution >= 0.6 is 12.4 Å². The number of allylic oxidation sites excluding steroid dienone is 2. The predicted molar refractivity (Wildman–Crippen MR) is 54.6 cm³/mol. The maximum Gasteiger partial charge on any atom is 0.0977 e. The van der Waals surface area contributed by atoms with Gasteiger partial charge in [-0.1, -0.05) is 12.2 Å². The molecule has 1 aliphatic rings. The zero-order valence-corrected chi connectivity index (χ0v) is 8.29. The van der Waals surface area contributed by atoms with Crippen molar-refractivity contribution in [2.75, 3.05) is 6.67 Å². The first-order valence-corrected chi connectivity index (χ1v) is 3.82. The van der Waals surface area contributed by atoms with Crippen LogP contribution in [0.3, 0.4) is 0 Å². The molecule has 68 valence electrons. The predicted octanol–water partition coefficient (Wildman–Crippen LogP) is 2.52. The van der Waals surface area contributed by atoms with Crippen molar-refractivity contribution in [1.82, 2.24) is 9.80 Å². The molecule has 0 amide bonds. The third-order valence-corrected chi connectivity index (χ3v) is 1.46. The molecule has 0 saturated carbocycles. The Morgan fingerprint density at radius 1 is 1.00 bits per heavy atom. The highest BCUT2D eigenvalue weighted by Crippen LogP contribution is 2.06. The second kappa shape index (κ2) is 5.72. The highest BCUT2D eigenvalue weighted by atomic mass is 35.5. The molecule has 0 aromatic heterocycles. The van der Waals surface area contributed by atoms with Crippen LogP contribution in [0.1, 0.15) is 13.8 Å². The Kier molecular flexibility index (Phi) is 5.30. The van der Waals surface area contributed by atoms with Gasteiger partial charge in [0.15, 0.2) is 0 Å². The molecule has 0 N–H and O–H groups in total. The summed E-state index contributed by atoms with van der Waals surface area (Å²) in [7, 11) is 0. The molecule has 1 aliphatic heterocycles. The molecule has 0 bridgehead atoms. The molecule has 0 aliphatic carbocycles. The van der Waals surface area contributed by atoms with Crippen molar-refractivity contribution in [3.63, 3.8) is 0 Å². The number of rotatable bonds is 2. The van der Waals surface area contributed by atoms with Crippen molar-refractivity contribution in [2.45, 2.75) is 13.8 Å². The highest BCUT2D eigenvalue weighted by Gasteiger charge is 2.04. The van der Waals surface area contributed by atoms with Crippen molar-refractivity contribution in [3.05, 3.63) is 37.0 Å². The Bertz CT molecular complexity index is 177. The average molecular weight is 187 g/mol. The molecule has 0 fully saturated rings. The van der Waals surface area contributed by atoms with Gasteiger partial charge in [0.25, 0.3) is 0 Å². The monoisotopic (exact) mass is 186 g/mol. The van der Waals surface area contributed by atoms with Crippen LogP contribution in [-0.4, -0.2) is 16.5 Å². The maximum atomic E-state index is 2.12. The summed E-state index contributed by atoms with van der Waals surface area (Å²) < 4.78 is 0. The third-order valence-electron chi connectivity index (χ3n) is 1.46. The molecule has 3 heteroatoms. The molecular formula is C9H15ClN2. The first-order chi connectivity index (χ1) is 5.36. The Morgan fingerprint density at radius 2 is 1.42 bits per heavy atom. The van der Waals surface area contributed by atoms with Crippen molar-refractivity contribution < 1.29 is 0 Å². The van der Waals surface area contributed by atoms with Gasteiger partial charge in [-0.3, -0.25) is 0 Å². The topological polar surface area (TPSA) is 6.48 Å². The van der Waals surface area contributed by atoms with Gasteiger partial charge in [0.2, 0.25) is 0 Å². The molecule has 0 aromatic carbocycles. The third kappa shape index (κ3) is 3.01. The Hall–Kier alpha value is -0.890. The van der Waals surface area contributed by atoms with Gasteiger partial charge in [-0.25, -0.2) is 0 Å². The first-order valence-electron chi connectivity index (χ1n) is 3.82. The molecule has 0 radical (unpaired) electrons. The van der Waals surface area contributed by atoms with E-state index in [2.05, 4.69) is 34.6 Å². The van der Waals surface area contributed by atoms with Gasteiger partial charge in [-0.05, 0) is 13.8 Å². The molecule has 2 nitrogen and oxygen atoms in total. The van der Waals surface area contributed by atoms with E-state index in [1.807, 2.05) is 26.0 Å². The Labute approximate surface area is 80.3 Å². The largest absolute Gasteiger partial charge is 0.335 e. The summed E-state index contributed by atoms with van der Waals surface area (Å²) in [5, 5.41) is 0. The zero-order valence-electron chi connectivity index (χ0n) is 7.47. The summed E-state index contributed by atoms with van der Waals surface area (Å²) >= 11 is 0. The molecule has 0 aromatic rings. The van der Waals surface area contributed by atoms with Gasteiger partial charge in [0, 0.05) is 24.8 Å². The summed E-state index contributed by atoms with van der Waals surface area (Å²) in [5.74, 6) is 0. The lowest BCUT2D eigenvalue weighted by atomic mass is 10.6. The van der Waals surface area contributed by atoms with Crippen LogP contribution < -0.4 is 0 Å². The van der Waals surface area contributed by atoms with Crippen molar-refractivity contribution >= 4 is 12.4 Å². The lowest BCUT2D eigenvalue weighted by Crippen LogP contribution is -2.16. The van der Waals surface area contributed by atoms with E-state index >= 15 is 0 Å². The van der Waals surface area contributed by atoms with Gasteiger partial charge in [0.1, 0.15) is 0 Å². The Balaban J connectivity index is 0.00000121. The standard InChI is InChI=1S/C9H14N2.ClH/c1-3-5-10-7-8-11(9-10)6-4-2;/h3-8H,9H2,1-2H3;1H. The van der Waals surface area contributed by atoms with E-state index in [0.29, 0.717) is 0 Å². The molecule has 1 rings (SSSR count). The summed E-state index contributed by atoms with van der Waals surface area (Å²) in [4.78, 5) is 4.25. The van der Waals surface area contributed by atoms with E-state index in [4.69, 9.17) is 0 Å². The summed E-state index contributed by atoms with van der Waals surface area (Å²) in [6.45, 7) is 4.97. The van der Waals surface area contributed by atoms with Gasteiger partial charge < -0.3 is 9.80 Å². The fraction of sp³-hybridized carbons (Fsp3) is 0.333. The van der Waals surface area contributed by atoms with E-state index in [1.165, 1.54) is 0 Å². The van der Waals surface area contributed by atoms with E-state index in [9.17, 15) is 0 Å². The minimum absolute atomic E-state index is 0. The lowest BCUT2D eigenvalue weighted by molar-refractivity contribution is 0.391. The first kappa shape index (κ1) is 11.1. The maximum absolute atomic E-state index is 2.12. The van der Waals surface area contributed by atoms with Gasteiger partial charge in [-0.15, -0.1) is 12.4 Å².